The topological polar surface area (TPSA) is 41.6 Å². The van der Waals surface area contributed by atoms with Gasteiger partial charge in [0.1, 0.15) is 12.4 Å². The lowest BCUT2D eigenvalue weighted by Gasteiger charge is -2.37. The van der Waals surface area contributed by atoms with Crippen molar-refractivity contribution in [1.82, 2.24) is 4.90 Å². The van der Waals surface area contributed by atoms with Gasteiger partial charge in [-0.05, 0) is 74.7 Å². The van der Waals surface area contributed by atoms with Crippen molar-refractivity contribution in [3.63, 3.8) is 0 Å². The Morgan fingerprint density at radius 3 is 2.25 bits per heavy atom. The Morgan fingerprint density at radius 1 is 0.906 bits per heavy atom. The first-order valence-electron chi connectivity index (χ1n) is 12.2. The molecule has 1 saturated heterocycles. The smallest absolute Gasteiger partial charge is 0.235 e. The van der Waals surface area contributed by atoms with E-state index in [-0.39, 0.29) is 5.91 Å². The van der Waals surface area contributed by atoms with Crippen LogP contribution in [0.2, 0.25) is 5.02 Å². The average molecular weight is 455 g/mol. The maximum absolute atomic E-state index is 13.5. The molecule has 0 atom stereocenters. The van der Waals surface area contributed by atoms with Crippen LogP contribution in [0.1, 0.15) is 63.4 Å². The Balaban J connectivity index is 1.36. The van der Waals surface area contributed by atoms with Crippen LogP contribution < -0.4 is 10.1 Å². The third-order valence-electron chi connectivity index (χ3n) is 7.02. The van der Waals surface area contributed by atoms with Gasteiger partial charge in [0, 0.05) is 17.3 Å². The quantitative estimate of drug-likeness (QED) is 0.523. The fraction of sp³-hybridized carbons (Fsp3) is 0.519. The Morgan fingerprint density at radius 2 is 1.56 bits per heavy atom. The summed E-state index contributed by atoms with van der Waals surface area (Å²) in [4.78, 5) is 16.0. The van der Waals surface area contributed by atoms with E-state index in [0.29, 0.717) is 11.6 Å². The van der Waals surface area contributed by atoms with Crippen molar-refractivity contribution in [3.05, 3.63) is 59.1 Å². The predicted molar refractivity (Wildman–Crippen MR) is 132 cm³/mol. The number of carbonyl (C=O) groups is 1. The van der Waals surface area contributed by atoms with Crippen molar-refractivity contribution in [2.75, 3.05) is 31.6 Å². The van der Waals surface area contributed by atoms with E-state index in [1.54, 1.807) is 0 Å². The molecule has 4 nitrogen and oxygen atoms in total. The van der Waals surface area contributed by atoms with Crippen molar-refractivity contribution in [3.8, 4) is 5.75 Å². The molecule has 4 rings (SSSR count). The third-order valence-corrected chi connectivity index (χ3v) is 7.35. The second-order valence-corrected chi connectivity index (χ2v) is 9.61. The monoisotopic (exact) mass is 454 g/mol. The van der Waals surface area contributed by atoms with Crippen LogP contribution in [-0.2, 0) is 10.2 Å². The molecule has 1 amide bonds. The summed E-state index contributed by atoms with van der Waals surface area (Å²) in [6, 6.07) is 15.5. The minimum Gasteiger partial charge on any atom is -0.492 e. The highest BCUT2D eigenvalue weighted by Gasteiger charge is 2.42. The molecule has 1 N–H and O–H groups in total. The highest BCUT2D eigenvalue weighted by atomic mass is 35.5. The first-order chi connectivity index (χ1) is 15.7. The summed E-state index contributed by atoms with van der Waals surface area (Å²) in [5.74, 6) is 0.886. The van der Waals surface area contributed by atoms with Crippen LogP contribution in [0.4, 0.5) is 5.69 Å². The van der Waals surface area contributed by atoms with Crippen LogP contribution in [0, 0.1) is 0 Å². The number of nitrogens with zero attached hydrogens (tertiary/aromatic N) is 1. The van der Waals surface area contributed by atoms with Crippen LogP contribution in [0.3, 0.4) is 0 Å². The van der Waals surface area contributed by atoms with Gasteiger partial charge in [0.25, 0.3) is 0 Å². The molecule has 2 fully saturated rings. The zero-order valence-corrected chi connectivity index (χ0v) is 19.7. The van der Waals surface area contributed by atoms with Crippen molar-refractivity contribution in [2.24, 2.45) is 0 Å². The van der Waals surface area contributed by atoms with Gasteiger partial charge in [0.2, 0.25) is 5.91 Å². The summed E-state index contributed by atoms with van der Waals surface area (Å²) < 4.78 is 5.96. The van der Waals surface area contributed by atoms with E-state index >= 15 is 0 Å². The summed E-state index contributed by atoms with van der Waals surface area (Å²) >= 11 is 6.53. The van der Waals surface area contributed by atoms with E-state index in [4.69, 9.17) is 16.3 Å². The molecule has 0 bridgehead atoms. The van der Waals surface area contributed by atoms with Crippen LogP contribution in [0.15, 0.2) is 48.5 Å². The molecule has 5 heteroatoms. The fourth-order valence-electron chi connectivity index (χ4n) is 5.16. The van der Waals surface area contributed by atoms with E-state index < -0.39 is 5.41 Å². The van der Waals surface area contributed by atoms with E-state index in [1.807, 2.05) is 48.5 Å². The van der Waals surface area contributed by atoms with E-state index in [1.165, 1.54) is 45.2 Å². The van der Waals surface area contributed by atoms with Crippen molar-refractivity contribution in [2.45, 2.75) is 63.2 Å². The molecule has 1 saturated carbocycles. The van der Waals surface area contributed by atoms with Crippen LogP contribution >= 0.6 is 11.6 Å². The molecule has 32 heavy (non-hydrogen) atoms. The lowest BCUT2D eigenvalue weighted by molar-refractivity contribution is -0.122. The zero-order chi connectivity index (χ0) is 22.2. The molecule has 2 aliphatic rings. The van der Waals surface area contributed by atoms with Gasteiger partial charge >= 0.3 is 0 Å². The number of nitrogens with one attached hydrogen (secondary N) is 1. The Labute approximate surface area is 197 Å². The molecule has 0 aromatic heterocycles. The molecule has 0 spiro atoms. The number of ether oxygens (including phenoxy) is 1. The number of amides is 1. The van der Waals surface area contributed by atoms with Gasteiger partial charge in [0.05, 0.1) is 5.41 Å². The summed E-state index contributed by atoms with van der Waals surface area (Å²) in [7, 11) is 0. The van der Waals surface area contributed by atoms with Gasteiger partial charge in [0.15, 0.2) is 0 Å². The number of hydrogen-bond acceptors (Lipinski definition) is 3. The molecule has 0 unspecified atom stereocenters. The van der Waals surface area contributed by atoms with Gasteiger partial charge in [-0.3, -0.25) is 9.69 Å². The predicted octanol–water partition coefficient (Wildman–Crippen LogP) is 6.44. The molecular weight excluding hydrogens is 420 g/mol. The summed E-state index contributed by atoms with van der Waals surface area (Å²) in [6.07, 6.45) is 10.2. The molecule has 172 valence electrons. The third kappa shape index (κ3) is 5.65. The minimum absolute atomic E-state index is 0.0418. The molecule has 2 aromatic carbocycles. The number of halogens is 1. The Bertz CT molecular complexity index is 869. The maximum atomic E-state index is 13.5. The van der Waals surface area contributed by atoms with Gasteiger partial charge in [-0.15, -0.1) is 0 Å². The highest BCUT2D eigenvalue weighted by Crippen LogP contribution is 2.43. The maximum Gasteiger partial charge on any atom is 0.235 e. The number of benzene rings is 2. The number of anilines is 1. The van der Waals surface area contributed by atoms with Gasteiger partial charge in [-0.1, -0.05) is 61.9 Å². The SMILES string of the molecule is O=C(Nc1ccc(OCCN2CCCCCC2)cc1)C1(c2ccccc2Cl)CCCCC1. The van der Waals surface area contributed by atoms with Gasteiger partial charge in [-0.25, -0.2) is 0 Å². The van der Waals surface area contributed by atoms with Gasteiger partial charge in [-0.2, -0.15) is 0 Å². The van der Waals surface area contributed by atoms with Crippen LogP contribution in [-0.4, -0.2) is 37.0 Å². The van der Waals surface area contributed by atoms with E-state index in [9.17, 15) is 4.79 Å². The van der Waals surface area contributed by atoms with E-state index in [0.717, 1.165) is 49.2 Å². The highest BCUT2D eigenvalue weighted by molar-refractivity contribution is 6.31. The first-order valence-corrected chi connectivity index (χ1v) is 12.6. The standard InChI is InChI=1S/C27H35ClN2O2/c28-25-11-5-4-10-24(25)27(16-6-3-7-17-27)26(31)29-22-12-14-23(15-13-22)32-21-20-30-18-8-1-2-9-19-30/h4-5,10-15H,1-3,6-9,16-21H2,(H,29,31). The molecule has 1 heterocycles. The normalized spacial score (nSPS) is 19.2. The second kappa shape index (κ2) is 11.2. The van der Waals surface area contributed by atoms with Gasteiger partial charge < -0.3 is 10.1 Å². The summed E-state index contributed by atoms with van der Waals surface area (Å²) in [5, 5.41) is 3.84. The summed E-state index contributed by atoms with van der Waals surface area (Å²) in [5.41, 5.74) is 1.19. The Kier molecular flexibility index (Phi) is 8.10. The number of hydrogen-bond donors (Lipinski definition) is 1. The fourth-order valence-corrected chi connectivity index (χ4v) is 5.48. The van der Waals surface area contributed by atoms with E-state index in [2.05, 4.69) is 10.2 Å². The number of likely N-dealkylation sites (tertiary alicyclic amines) is 1. The largest absolute Gasteiger partial charge is 0.492 e. The lowest BCUT2D eigenvalue weighted by atomic mass is 9.68. The van der Waals surface area contributed by atoms with Crippen molar-refractivity contribution < 1.29 is 9.53 Å². The van der Waals surface area contributed by atoms with Crippen LogP contribution in [0.5, 0.6) is 5.75 Å². The second-order valence-electron chi connectivity index (χ2n) is 9.21. The first kappa shape index (κ1) is 23.1. The lowest BCUT2D eigenvalue weighted by Crippen LogP contribution is -2.42. The molecule has 0 radical (unpaired) electrons. The molecule has 2 aromatic rings. The van der Waals surface area contributed by atoms with Crippen molar-refractivity contribution in [1.29, 1.82) is 0 Å². The minimum atomic E-state index is -0.557. The van der Waals surface area contributed by atoms with Crippen LogP contribution in [0.25, 0.3) is 0 Å². The number of carbonyl (C=O) groups excluding carboxylic acids is 1. The zero-order valence-electron chi connectivity index (χ0n) is 19.0. The number of rotatable bonds is 7. The Hall–Kier alpha value is -2.04. The summed E-state index contributed by atoms with van der Waals surface area (Å²) in [6.45, 7) is 4.03. The molecule has 1 aliphatic heterocycles. The molecule has 1 aliphatic carbocycles. The molecular formula is C27H35ClN2O2. The van der Waals surface area contributed by atoms with Crippen molar-refractivity contribution >= 4 is 23.2 Å². The average Bonchev–Trinajstić information content (AvgIpc) is 3.10.